The van der Waals surface area contributed by atoms with Crippen LogP contribution in [-0.4, -0.2) is 31.5 Å². The first-order chi connectivity index (χ1) is 10.6. The Morgan fingerprint density at radius 2 is 2.18 bits per heavy atom. The summed E-state index contributed by atoms with van der Waals surface area (Å²) in [5, 5.41) is 12.9. The maximum absolute atomic E-state index is 12.4. The fourth-order valence-electron chi connectivity index (χ4n) is 2.89. The van der Waals surface area contributed by atoms with Gasteiger partial charge in [-0.3, -0.25) is 0 Å². The van der Waals surface area contributed by atoms with Gasteiger partial charge in [-0.1, -0.05) is 6.42 Å². The van der Waals surface area contributed by atoms with E-state index in [1.54, 1.807) is 12.1 Å². The summed E-state index contributed by atoms with van der Waals surface area (Å²) in [7, 11) is 1.53. The van der Waals surface area contributed by atoms with E-state index >= 15 is 0 Å². The van der Waals surface area contributed by atoms with E-state index in [-0.39, 0.29) is 11.9 Å². The number of alkyl halides is 2. The topological polar surface area (TPSA) is 50.7 Å². The summed E-state index contributed by atoms with van der Waals surface area (Å²) in [5.74, 6) is 1.19. The molecule has 1 fully saturated rings. The third-order valence-electron chi connectivity index (χ3n) is 3.99. The van der Waals surface area contributed by atoms with Crippen molar-refractivity contribution in [3.8, 4) is 11.5 Å². The largest absolute Gasteiger partial charge is 0.497 e. The number of hydrogen-bond donors (Lipinski definition) is 2. The number of benzene rings is 1. The zero-order valence-corrected chi connectivity index (χ0v) is 12.7. The summed E-state index contributed by atoms with van der Waals surface area (Å²) in [4.78, 5) is 0. The number of methoxy groups -OCH3 is 1. The highest BCUT2D eigenvalue weighted by Crippen LogP contribution is 2.27. The number of nitrogens with one attached hydrogen (secondary N) is 1. The van der Waals surface area contributed by atoms with Gasteiger partial charge in [0, 0.05) is 12.1 Å². The SMILES string of the molecule is COc1ccc(OC(F)F)c(CNCC2CCCC(O)C2)c1. The average Bonchev–Trinajstić information content (AvgIpc) is 2.48. The third-order valence-corrected chi connectivity index (χ3v) is 3.99. The number of rotatable bonds is 7. The Morgan fingerprint density at radius 1 is 1.36 bits per heavy atom. The van der Waals surface area contributed by atoms with Gasteiger partial charge < -0.3 is 19.9 Å². The van der Waals surface area contributed by atoms with Gasteiger partial charge in [0.05, 0.1) is 13.2 Å². The van der Waals surface area contributed by atoms with E-state index < -0.39 is 6.61 Å². The van der Waals surface area contributed by atoms with E-state index in [0.717, 1.165) is 32.2 Å². The summed E-state index contributed by atoms with van der Waals surface area (Å²) in [6.07, 6.45) is 3.58. The Balaban J connectivity index is 1.92. The molecule has 0 heterocycles. The van der Waals surface area contributed by atoms with E-state index in [2.05, 4.69) is 10.1 Å². The van der Waals surface area contributed by atoms with Gasteiger partial charge in [0.2, 0.25) is 0 Å². The minimum Gasteiger partial charge on any atom is -0.497 e. The molecule has 0 spiro atoms. The molecule has 1 aliphatic rings. The van der Waals surface area contributed by atoms with E-state index in [1.165, 1.54) is 13.2 Å². The van der Waals surface area contributed by atoms with Crippen LogP contribution in [0.5, 0.6) is 11.5 Å². The second kappa shape index (κ2) is 8.29. The van der Waals surface area contributed by atoms with Gasteiger partial charge >= 0.3 is 6.61 Å². The Kier molecular flexibility index (Phi) is 6.39. The molecule has 1 aliphatic carbocycles. The van der Waals surface area contributed by atoms with Crippen LogP contribution in [0.15, 0.2) is 18.2 Å². The lowest BCUT2D eigenvalue weighted by atomic mass is 9.87. The Bertz CT molecular complexity index is 471. The van der Waals surface area contributed by atoms with Crippen LogP contribution >= 0.6 is 0 Å². The highest BCUT2D eigenvalue weighted by atomic mass is 19.3. The minimum absolute atomic E-state index is 0.159. The summed E-state index contributed by atoms with van der Waals surface area (Å²) < 4.78 is 34.5. The maximum Gasteiger partial charge on any atom is 0.387 e. The highest BCUT2D eigenvalue weighted by molar-refractivity contribution is 5.40. The van der Waals surface area contributed by atoms with Crippen molar-refractivity contribution in [2.45, 2.75) is 44.9 Å². The molecule has 1 aromatic rings. The van der Waals surface area contributed by atoms with E-state index in [1.807, 2.05) is 0 Å². The van der Waals surface area contributed by atoms with Crippen LogP contribution in [-0.2, 0) is 6.54 Å². The molecule has 4 nitrogen and oxygen atoms in total. The van der Waals surface area contributed by atoms with Crippen molar-refractivity contribution in [2.24, 2.45) is 5.92 Å². The van der Waals surface area contributed by atoms with Crippen LogP contribution in [0.3, 0.4) is 0 Å². The quantitative estimate of drug-likeness (QED) is 0.812. The minimum atomic E-state index is -2.85. The molecular formula is C16H23F2NO3. The monoisotopic (exact) mass is 315 g/mol. The van der Waals surface area contributed by atoms with Crippen molar-refractivity contribution in [1.29, 1.82) is 0 Å². The molecule has 0 amide bonds. The second-order valence-electron chi connectivity index (χ2n) is 5.67. The zero-order valence-electron chi connectivity index (χ0n) is 12.7. The summed E-state index contributed by atoms with van der Waals surface area (Å²) in [6, 6.07) is 4.78. The van der Waals surface area contributed by atoms with Gasteiger partial charge in [0.15, 0.2) is 0 Å². The van der Waals surface area contributed by atoms with Crippen molar-refractivity contribution in [2.75, 3.05) is 13.7 Å². The van der Waals surface area contributed by atoms with Gasteiger partial charge in [-0.15, -0.1) is 0 Å². The molecule has 0 radical (unpaired) electrons. The molecular weight excluding hydrogens is 292 g/mol. The first kappa shape index (κ1) is 17.0. The van der Waals surface area contributed by atoms with Gasteiger partial charge in [-0.05, 0) is 49.9 Å². The second-order valence-corrected chi connectivity index (χ2v) is 5.67. The highest BCUT2D eigenvalue weighted by Gasteiger charge is 2.20. The van der Waals surface area contributed by atoms with Crippen LogP contribution < -0.4 is 14.8 Å². The molecule has 2 unspecified atom stereocenters. The molecule has 22 heavy (non-hydrogen) atoms. The van der Waals surface area contributed by atoms with Gasteiger partial charge in [-0.2, -0.15) is 8.78 Å². The van der Waals surface area contributed by atoms with Crippen molar-refractivity contribution in [3.63, 3.8) is 0 Å². The molecule has 2 rings (SSSR count). The molecule has 6 heteroatoms. The van der Waals surface area contributed by atoms with Crippen molar-refractivity contribution < 1.29 is 23.4 Å². The van der Waals surface area contributed by atoms with Crippen LogP contribution in [0, 0.1) is 5.92 Å². The maximum atomic E-state index is 12.4. The molecule has 0 saturated heterocycles. The molecule has 0 bridgehead atoms. The number of halogens is 2. The normalized spacial score (nSPS) is 21.9. The lowest BCUT2D eigenvalue weighted by Gasteiger charge is -2.26. The van der Waals surface area contributed by atoms with Crippen molar-refractivity contribution in [1.82, 2.24) is 5.32 Å². The smallest absolute Gasteiger partial charge is 0.387 e. The van der Waals surface area contributed by atoms with Crippen molar-refractivity contribution >= 4 is 0 Å². The van der Waals surface area contributed by atoms with Gasteiger partial charge in [0.1, 0.15) is 11.5 Å². The number of hydrogen-bond acceptors (Lipinski definition) is 4. The average molecular weight is 315 g/mol. The summed E-state index contributed by atoms with van der Waals surface area (Å²) >= 11 is 0. The lowest BCUT2D eigenvalue weighted by Crippen LogP contribution is -2.29. The van der Waals surface area contributed by atoms with Crippen LogP contribution in [0.1, 0.15) is 31.2 Å². The molecule has 0 aliphatic heterocycles. The fourth-order valence-corrected chi connectivity index (χ4v) is 2.89. The Hall–Kier alpha value is -1.40. The molecule has 2 N–H and O–H groups in total. The first-order valence-corrected chi connectivity index (χ1v) is 7.59. The Labute approximate surface area is 129 Å². The molecule has 124 valence electrons. The first-order valence-electron chi connectivity index (χ1n) is 7.59. The van der Waals surface area contributed by atoms with E-state index in [9.17, 15) is 13.9 Å². The van der Waals surface area contributed by atoms with Crippen LogP contribution in [0.25, 0.3) is 0 Å². The van der Waals surface area contributed by atoms with Gasteiger partial charge in [0.25, 0.3) is 0 Å². The van der Waals surface area contributed by atoms with E-state index in [4.69, 9.17) is 4.74 Å². The van der Waals surface area contributed by atoms with Crippen LogP contribution in [0.2, 0.25) is 0 Å². The lowest BCUT2D eigenvalue weighted by molar-refractivity contribution is -0.0505. The molecule has 0 aromatic heterocycles. The summed E-state index contributed by atoms with van der Waals surface area (Å²) in [6.45, 7) is -1.67. The molecule has 1 aromatic carbocycles. The number of ether oxygens (including phenoxy) is 2. The predicted molar refractivity (Wildman–Crippen MR) is 79.3 cm³/mol. The third kappa shape index (κ3) is 5.10. The van der Waals surface area contributed by atoms with Gasteiger partial charge in [-0.25, -0.2) is 0 Å². The number of aliphatic hydroxyl groups excluding tert-OH is 1. The Morgan fingerprint density at radius 3 is 2.86 bits per heavy atom. The summed E-state index contributed by atoms with van der Waals surface area (Å²) in [5.41, 5.74) is 0.635. The predicted octanol–water partition coefficient (Wildman–Crippen LogP) is 2.94. The van der Waals surface area contributed by atoms with E-state index in [0.29, 0.717) is 23.8 Å². The fraction of sp³-hybridized carbons (Fsp3) is 0.625. The standard InChI is InChI=1S/C16H23F2NO3/c1-21-14-5-6-15(22-16(17)18)12(8-14)10-19-9-11-3-2-4-13(20)7-11/h5-6,8,11,13,16,19-20H,2-4,7,9-10H2,1H3. The molecule has 2 atom stereocenters. The number of aliphatic hydroxyl groups is 1. The zero-order chi connectivity index (χ0) is 15.9. The van der Waals surface area contributed by atoms with Crippen molar-refractivity contribution in [3.05, 3.63) is 23.8 Å². The van der Waals surface area contributed by atoms with Crippen LogP contribution in [0.4, 0.5) is 8.78 Å². The molecule has 1 saturated carbocycles.